The van der Waals surface area contributed by atoms with Crippen molar-refractivity contribution >= 4 is 5.91 Å². The van der Waals surface area contributed by atoms with Crippen molar-refractivity contribution in [2.75, 3.05) is 20.3 Å². The summed E-state index contributed by atoms with van der Waals surface area (Å²) in [5, 5.41) is 13.1. The van der Waals surface area contributed by atoms with Crippen molar-refractivity contribution in [3.63, 3.8) is 0 Å². The van der Waals surface area contributed by atoms with Crippen LogP contribution in [0.15, 0.2) is 48.7 Å². The third-order valence-electron chi connectivity index (χ3n) is 3.65. The smallest absolute Gasteiger partial charge is 0.269 e. The van der Waals surface area contributed by atoms with Crippen LogP contribution in [0.4, 0.5) is 0 Å². The van der Waals surface area contributed by atoms with Gasteiger partial charge in [0, 0.05) is 11.6 Å². The highest BCUT2D eigenvalue weighted by Crippen LogP contribution is 2.26. The molecule has 0 saturated heterocycles. The lowest BCUT2D eigenvalue weighted by Crippen LogP contribution is -2.12. The number of benzene rings is 1. The number of hydrogen-bond donors (Lipinski definition) is 2. The maximum absolute atomic E-state index is 11.6. The van der Waals surface area contributed by atoms with E-state index in [2.05, 4.69) is 10.1 Å². The number of carbonyl (C=O) groups excluding carboxylic acids is 1. The number of aliphatic hydroxyl groups excluding tert-OH is 1. The summed E-state index contributed by atoms with van der Waals surface area (Å²) in [5.74, 6) is 0.493. The molecule has 0 unspecified atom stereocenters. The Morgan fingerprint density at radius 2 is 2.00 bits per heavy atom. The lowest BCUT2D eigenvalue weighted by atomic mass is 10.1. The third-order valence-corrected chi connectivity index (χ3v) is 3.65. The molecule has 0 saturated carbocycles. The van der Waals surface area contributed by atoms with Gasteiger partial charge in [-0.1, -0.05) is 0 Å². The van der Waals surface area contributed by atoms with Gasteiger partial charge in [0.25, 0.3) is 5.91 Å². The topological polar surface area (TPSA) is 112 Å². The molecular weight excluding hydrogens is 336 g/mol. The molecule has 0 aliphatic rings. The zero-order valence-electron chi connectivity index (χ0n) is 14.1. The number of amides is 1. The van der Waals surface area contributed by atoms with Crippen LogP contribution in [0.2, 0.25) is 0 Å². The molecular formula is C18H18N4O4. The Bertz CT molecular complexity index is 889. The minimum Gasteiger partial charge on any atom is -0.491 e. The average molecular weight is 354 g/mol. The van der Waals surface area contributed by atoms with Crippen molar-refractivity contribution in [2.24, 2.45) is 5.73 Å². The van der Waals surface area contributed by atoms with Gasteiger partial charge in [-0.2, -0.15) is 5.10 Å². The summed E-state index contributed by atoms with van der Waals surface area (Å²) in [4.78, 5) is 15.7. The summed E-state index contributed by atoms with van der Waals surface area (Å²) in [6.07, 6.45) is 1.60. The Balaban J connectivity index is 2.00. The summed E-state index contributed by atoms with van der Waals surface area (Å²) in [6, 6.07) is 12.3. The van der Waals surface area contributed by atoms with Gasteiger partial charge < -0.3 is 20.3 Å². The lowest BCUT2D eigenvalue weighted by molar-refractivity contribution is 0.0995. The highest BCUT2D eigenvalue weighted by atomic mass is 16.5. The fourth-order valence-electron chi connectivity index (χ4n) is 2.41. The van der Waals surface area contributed by atoms with Crippen LogP contribution < -0.4 is 15.2 Å². The zero-order valence-corrected chi connectivity index (χ0v) is 14.1. The van der Waals surface area contributed by atoms with Crippen LogP contribution in [-0.2, 0) is 0 Å². The maximum atomic E-state index is 11.6. The Morgan fingerprint density at radius 1 is 1.23 bits per heavy atom. The number of ether oxygens (including phenoxy) is 2. The van der Waals surface area contributed by atoms with Crippen LogP contribution in [0.1, 0.15) is 10.5 Å². The Hall–Kier alpha value is -3.39. The van der Waals surface area contributed by atoms with Gasteiger partial charge in [0.2, 0.25) is 5.88 Å². The Morgan fingerprint density at radius 3 is 2.58 bits per heavy atom. The molecule has 8 heteroatoms. The monoisotopic (exact) mass is 354 g/mol. The third kappa shape index (κ3) is 3.65. The zero-order chi connectivity index (χ0) is 18.5. The predicted molar refractivity (Wildman–Crippen MR) is 94.4 cm³/mol. The summed E-state index contributed by atoms with van der Waals surface area (Å²) in [7, 11) is 1.53. The van der Waals surface area contributed by atoms with Crippen LogP contribution in [-0.4, -0.2) is 46.1 Å². The average Bonchev–Trinajstić information content (AvgIpc) is 3.12. The van der Waals surface area contributed by atoms with E-state index in [1.165, 1.54) is 7.11 Å². The minimum atomic E-state index is -0.616. The second-order valence-electron chi connectivity index (χ2n) is 5.35. The molecule has 3 aromatic rings. The Kier molecular flexibility index (Phi) is 5.14. The number of nitrogens with two attached hydrogens (primary N) is 1. The first kappa shape index (κ1) is 17.4. The molecule has 3 rings (SSSR count). The molecule has 1 aromatic carbocycles. The molecule has 0 aliphatic heterocycles. The van der Waals surface area contributed by atoms with Crippen LogP contribution in [0.5, 0.6) is 11.6 Å². The van der Waals surface area contributed by atoms with Crippen LogP contribution in [0.25, 0.3) is 16.9 Å². The van der Waals surface area contributed by atoms with E-state index in [-0.39, 0.29) is 18.9 Å². The van der Waals surface area contributed by atoms with Gasteiger partial charge in [-0.15, -0.1) is 0 Å². The highest BCUT2D eigenvalue weighted by molar-refractivity contribution is 5.92. The molecule has 0 radical (unpaired) electrons. The van der Waals surface area contributed by atoms with Gasteiger partial charge >= 0.3 is 0 Å². The van der Waals surface area contributed by atoms with Crippen molar-refractivity contribution < 1.29 is 19.4 Å². The van der Waals surface area contributed by atoms with Gasteiger partial charge in [-0.25, -0.2) is 9.67 Å². The largest absolute Gasteiger partial charge is 0.491 e. The van der Waals surface area contributed by atoms with E-state index in [1.807, 2.05) is 12.1 Å². The van der Waals surface area contributed by atoms with Crippen LogP contribution >= 0.6 is 0 Å². The van der Waals surface area contributed by atoms with Gasteiger partial charge in [0.05, 0.1) is 31.3 Å². The molecule has 2 aromatic heterocycles. The normalized spacial score (nSPS) is 10.5. The number of aromatic nitrogens is 3. The van der Waals surface area contributed by atoms with E-state index in [9.17, 15) is 4.79 Å². The quantitative estimate of drug-likeness (QED) is 0.663. The van der Waals surface area contributed by atoms with Crippen molar-refractivity contribution in [3.05, 3.63) is 54.4 Å². The van der Waals surface area contributed by atoms with E-state index in [0.29, 0.717) is 23.0 Å². The van der Waals surface area contributed by atoms with E-state index >= 15 is 0 Å². The summed E-state index contributed by atoms with van der Waals surface area (Å²) < 4.78 is 12.0. The number of nitrogens with zero attached hydrogens (tertiary/aromatic N) is 3. The number of hydrogen-bond acceptors (Lipinski definition) is 6. The van der Waals surface area contributed by atoms with Gasteiger partial charge in [-0.3, -0.25) is 4.79 Å². The molecule has 2 heterocycles. The second kappa shape index (κ2) is 7.66. The summed E-state index contributed by atoms with van der Waals surface area (Å²) in [6.45, 7) is 0.168. The summed E-state index contributed by atoms with van der Waals surface area (Å²) >= 11 is 0. The van der Waals surface area contributed by atoms with Crippen molar-refractivity contribution in [3.8, 4) is 28.6 Å². The maximum Gasteiger partial charge on any atom is 0.269 e. The first-order valence-corrected chi connectivity index (χ1v) is 7.86. The van der Waals surface area contributed by atoms with Crippen molar-refractivity contribution in [1.29, 1.82) is 0 Å². The number of carbonyl (C=O) groups is 1. The Labute approximate surface area is 149 Å². The van der Waals surface area contributed by atoms with E-state index in [1.54, 1.807) is 41.2 Å². The van der Waals surface area contributed by atoms with E-state index in [4.69, 9.17) is 20.3 Å². The molecule has 0 aliphatic carbocycles. The number of aliphatic hydroxyl groups is 1. The van der Waals surface area contributed by atoms with E-state index < -0.39 is 5.91 Å². The first-order chi connectivity index (χ1) is 12.6. The standard InChI is InChI=1S/C18H18N4O4/c1-25-17-7-4-13(11-20-17)22-16(10-15(21-22)18(19)24)12-2-5-14(6-3-12)26-9-8-23/h2-7,10-11,23H,8-9H2,1H3,(H2,19,24). The molecule has 3 N–H and O–H groups in total. The molecule has 0 atom stereocenters. The van der Waals surface area contributed by atoms with E-state index in [0.717, 1.165) is 5.56 Å². The number of methoxy groups -OCH3 is 1. The molecule has 0 spiro atoms. The number of rotatable bonds is 7. The number of pyridine rings is 1. The van der Waals surface area contributed by atoms with Gasteiger partial charge in [0.15, 0.2) is 5.69 Å². The van der Waals surface area contributed by atoms with Crippen molar-refractivity contribution in [1.82, 2.24) is 14.8 Å². The fraction of sp³-hybridized carbons (Fsp3) is 0.167. The van der Waals surface area contributed by atoms with Crippen LogP contribution in [0.3, 0.4) is 0 Å². The van der Waals surface area contributed by atoms with Crippen LogP contribution in [0, 0.1) is 0 Å². The van der Waals surface area contributed by atoms with Gasteiger partial charge in [0.1, 0.15) is 12.4 Å². The number of primary amides is 1. The summed E-state index contributed by atoms with van der Waals surface area (Å²) in [5.41, 5.74) is 7.69. The SMILES string of the molecule is COc1ccc(-n2nc(C(N)=O)cc2-c2ccc(OCCO)cc2)cn1. The molecule has 1 amide bonds. The second-order valence-corrected chi connectivity index (χ2v) is 5.35. The van der Waals surface area contributed by atoms with Crippen molar-refractivity contribution in [2.45, 2.75) is 0 Å². The molecule has 8 nitrogen and oxygen atoms in total. The van der Waals surface area contributed by atoms with Gasteiger partial charge in [-0.05, 0) is 36.4 Å². The molecule has 0 fully saturated rings. The molecule has 26 heavy (non-hydrogen) atoms. The first-order valence-electron chi connectivity index (χ1n) is 7.86. The molecule has 0 bridgehead atoms. The predicted octanol–water partition coefficient (Wildman–Crippen LogP) is 1.41. The molecule has 134 valence electrons. The minimum absolute atomic E-state index is 0.0546. The lowest BCUT2D eigenvalue weighted by Gasteiger charge is -2.09. The fourth-order valence-corrected chi connectivity index (χ4v) is 2.41. The highest BCUT2D eigenvalue weighted by Gasteiger charge is 2.15.